The molecule has 1 aliphatic rings. The minimum atomic E-state index is -0.200. The lowest BCUT2D eigenvalue weighted by atomic mass is 9.89. The molecule has 3 rings (SSSR count). The maximum absolute atomic E-state index is 11.8. The molecule has 0 atom stereocenters. The number of rotatable bonds is 3. The summed E-state index contributed by atoms with van der Waals surface area (Å²) in [5, 5.41) is 12.4. The second kappa shape index (κ2) is 5.52. The summed E-state index contributed by atoms with van der Waals surface area (Å²) in [5.41, 5.74) is 0. The molecular weight excluding hydrogens is 262 g/mol. The summed E-state index contributed by atoms with van der Waals surface area (Å²) in [6, 6.07) is 3.79. The summed E-state index contributed by atoms with van der Waals surface area (Å²) in [5.74, 6) is 0.809. The second-order valence-corrected chi connectivity index (χ2v) is 5.66. The number of carbonyl (C=O) groups is 1. The smallest absolute Gasteiger partial charge is 0.322 e. The van der Waals surface area contributed by atoms with Crippen molar-refractivity contribution in [1.29, 1.82) is 0 Å². The van der Waals surface area contributed by atoms with Crippen LogP contribution in [0.15, 0.2) is 21.9 Å². The summed E-state index contributed by atoms with van der Waals surface area (Å²) >= 11 is 1.38. The lowest BCUT2D eigenvalue weighted by Gasteiger charge is -2.17. The highest BCUT2D eigenvalue weighted by atomic mass is 32.1. The molecule has 2 aromatic heterocycles. The van der Waals surface area contributed by atoms with Gasteiger partial charge in [-0.25, -0.2) is 0 Å². The van der Waals surface area contributed by atoms with Crippen LogP contribution in [-0.4, -0.2) is 16.1 Å². The SMILES string of the molecule is O=C(Nc1nnc(C2CCCCC2)o1)c1cccs1. The third-order valence-corrected chi connectivity index (χ3v) is 4.23. The van der Waals surface area contributed by atoms with E-state index in [1.54, 1.807) is 6.07 Å². The Labute approximate surface area is 115 Å². The van der Waals surface area contributed by atoms with Gasteiger partial charge in [0.2, 0.25) is 5.89 Å². The molecule has 0 aliphatic heterocycles. The third kappa shape index (κ3) is 2.84. The van der Waals surface area contributed by atoms with Gasteiger partial charge in [-0.1, -0.05) is 30.4 Å². The Bertz CT molecular complexity index is 544. The van der Waals surface area contributed by atoms with E-state index < -0.39 is 0 Å². The van der Waals surface area contributed by atoms with Gasteiger partial charge in [0, 0.05) is 5.92 Å². The zero-order chi connectivity index (χ0) is 13.1. The molecule has 1 aliphatic carbocycles. The lowest BCUT2D eigenvalue weighted by Crippen LogP contribution is -2.10. The van der Waals surface area contributed by atoms with Crippen LogP contribution >= 0.6 is 11.3 Å². The van der Waals surface area contributed by atoms with E-state index in [0.717, 1.165) is 12.8 Å². The van der Waals surface area contributed by atoms with Gasteiger partial charge in [-0.2, -0.15) is 0 Å². The number of amides is 1. The fourth-order valence-corrected chi connectivity index (χ4v) is 2.99. The van der Waals surface area contributed by atoms with Crippen molar-refractivity contribution in [2.75, 3.05) is 5.32 Å². The number of aromatic nitrogens is 2. The van der Waals surface area contributed by atoms with E-state index in [2.05, 4.69) is 15.5 Å². The van der Waals surface area contributed by atoms with Crippen LogP contribution < -0.4 is 5.32 Å². The molecule has 2 heterocycles. The fraction of sp³-hybridized carbons (Fsp3) is 0.462. The van der Waals surface area contributed by atoms with Crippen molar-refractivity contribution in [3.05, 3.63) is 28.3 Å². The predicted molar refractivity (Wildman–Crippen MR) is 72.4 cm³/mol. The first kappa shape index (κ1) is 12.3. The number of carbonyl (C=O) groups excluding carboxylic acids is 1. The summed E-state index contributed by atoms with van der Waals surface area (Å²) in [6.45, 7) is 0. The van der Waals surface area contributed by atoms with Gasteiger partial charge in [0.25, 0.3) is 5.91 Å². The fourth-order valence-electron chi connectivity index (χ4n) is 2.37. The molecule has 100 valence electrons. The van der Waals surface area contributed by atoms with E-state index in [9.17, 15) is 4.79 Å². The van der Waals surface area contributed by atoms with Gasteiger partial charge < -0.3 is 4.42 Å². The quantitative estimate of drug-likeness (QED) is 0.933. The van der Waals surface area contributed by atoms with Gasteiger partial charge >= 0.3 is 6.01 Å². The topological polar surface area (TPSA) is 68.0 Å². The first-order chi connectivity index (χ1) is 9.33. The van der Waals surface area contributed by atoms with E-state index in [0.29, 0.717) is 16.7 Å². The molecule has 1 saturated carbocycles. The molecule has 0 spiro atoms. The monoisotopic (exact) mass is 277 g/mol. The minimum Gasteiger partial charge on any atom is -0.408 e. The predicted octanol–water partition coefficient (Wildman–Crippen LogP) is 3.43. The molecule has 1 fully saturated rings. The van der Waals surface area contributed by atoms with Gasteiger partial charge in [0.1, 0.15) is 0 Å². The van der Waals surface area contributed by atoms with Crippen molar-refractivity contribution in [1.82, 2.24) is 10.2 Å². The molecule has 19 heavy (non-hydrogen) atoms. The van der Waals surface area contributed by atoms with Gasteiger partial charge in [-0.3, -0.25) is 10.1 Å². The molecule has 0 saturated heterocycles. The van der Waals surface area contributed by atoms with E-state index in [-0.39, 0.29) is 11.9 Å². The van der Waals surface area contributed by atoms with Crippen LogP contribution in [0.3, 0.4) is 0 Å². The number of nitrogens with one attached hydrogen (secondary N) is 1. The Hall–Kier alpha value is -1.69. The Morgan fingerprint density at radius 3 is 2.89 bits per heavy atom. The number of anilines is 1. The average Bonchev–Trinajstić information content (AvgIpc) is 3.11. The molecule has 2 aromatic rings. The number of hydrogen-bond acceptors (Lipinski definition) is 5. The Morgan fingerprint density at radius 2 is 2.16 bits per heavy atom. The van der Waals surface area contributed by atoms with Crippen molar-refractivity contribution in [3.63, 3.8) is 0 Å². The summed E-state index contributed by atoms with van der Waals surface area (Å²) in [7, 11) is 0. The normalized spacial score (nSPS) is 16.4. The van der Waals surface area contributed by atoms with Crippen LogP contribution in [0.5, 0.6) is 0 Å². The van der Waals surface area contributed by atoms with Crippen LogP contribution in [0, 0.1) is 0 Å². The highest BCUT2D eigenvalue weighted by Gasteiger charge is 2.22. The number of hydrogen-bond donors (Lipinski definition) is 1. The molecule has 5 nitrogen and oxygen atoms in total. The maximum atomic E-state index is 11.8. The van der Waals surface area contributed by atoms with Gasteiger partial charge in [-0.15, -0.1) is 16.4 Å². The van der Waals surface area contributed by atoms with Gasteiger partial charge in [0.15, 0.2) is 0 Å². The molecular formula is C13H15N3O2S. The Kier molecular flexibility index (Phi) is 3.59. The summed E-state index contributed by atoms with van der Waals surface area (Å²) < 4.78 is 5.54. The number of nitrogens with zero attached hydrogens (tertiary/aromatic N) is 2. The van der Waals surface area contributed by atoms with Crippen molar-refractivity contribution < 1.29 is 9.21 Å². The Morgan fingerprint density at radius 1 is 1.32 bits per heavy atom. The van der Waals surface area contributed by atoms with Crippen LogP contribution in [0.25, 0.3) is 0 Å². The van der Waals surface area contributed by atoms with E-state index >= 15 is 0 Å². The van der Waals surface area contributed by atoms with Crippen LogP contribution in [-0.2, 0) is 0 Å². The first-order valence-corrected chi connectivity index (χ1v) is 7.39. The molecule has 0 radical (unpaired) electrons. The van der Waals surface area contributed by atoms with Crippen molar-refractivity contribution >= 4 is 23.3 Å². The van der Waals surface area contributed by atoms with E-state index in [4.69, 9.17) is 4.42 Å². The van der Waals surface area contributed by atoms with E-state index in [1.807, 2.05) is 11.4 Å². The highest BCUT2D eigenvalue weighted by Crippen LogP contribution is 2.32. The van der Waals surface area contributed by atoms with Crippen LogP contribution in [0.2, 0.25) is 0 Å². The first-order valence-electron chi connectivity index (χ1n) is 6.51. The number of thiophene rings is 1. The second-order valence-electron chi connectivity index (χ2n) is 4.71. The average molecular weight is 277 g/mol. The van der Waals surface area contributed by atoms with E-state index in [1.165, 1.54) is 30.6 Å². The molecule has 1 N–H and O–H groups in total. The summed E-state index contributed by atoms with van der Waals surface area (Å²) in [6.07, 6.45) is 5.90. The largest absolute Gasteiger partial charge is 0.408 e. The van der Waals surface area contributed by atoms with Crippen molar-refractivity contribution in [3.8, 4) is 0 Å². The molecule has 1 amide bonds. The van der Waals surface area contributed by atoms with Crippen molar-refractivity contribution in [2.24, 2.45) is 0 Å². The molecule has 6 heteroatoms. The standard InChI is InChI=1S/C13H15N3O2S/c17-11(10-7-4-8-19-10)14-13-16-15-12(18-13)9-5-2-1-3-6-9/h4,7-9H,1-3,5-6H2,(H,14,16,17). The maximum Gasteiger partial charge on any atom is 0.322 e. The van der Waals surface area contributed by atoms with Crippen LogP contribution in [0.1, 0.15) is 53.6 Å². The summed E-state index contributed by atoms with van der Waals surface area (Å²) in [4.78, 5) is 12.5. The van der Waals surface area contributed by atoms with Gasteiger partial charge in [0.05, 0.1) is 4.88 Å². The zero-order valence-corrected chi connectivity index (χ0v) is 11.3. The third-order valence-electron chi connectivity index (χ3n) is 3.36. The Balaban J connectivity index is 1.66. The minimum absolute atomic E-state index is 0.193. The van der Waals surface area contributed by atoms with Gasteiger partial charge in [-0.05, 0) is 24.3 Å². The highest BCUT2D eigenvalue weighted by molar-refractivity contribution is 7.12. The van der Waals surface area contributed by atoms with Crippen molar-refractivity contribution in [2.45, 2.75) is 38.0 Å². The molecule has 0 aromatic carbocycles. The van der Waals surface area contributed by atoms with Crippen LogP contribution in [0.4, 0.5) is 6.01 Å². The lowest BCUT2D eigenvalue weighted by molar-refractivity contribution is 0.102. The zero-order valence-electron chi connectivity index (χ0n) is 10.5. The molecule has 0 bridgehead atoms. The molecule has 0 unspecified atom stereocenters.